The van der Waals surface area contributed by atoms with E-state index in [1.165, 1.54) is 17.0 Å². The Kier molecular flexibility index (Phi) is 4.55. The molecule has 0 unspecified atom stereocenters. The Hall–Kier alpha value is -3.93. The molecule has 0 fully saturated rings. The van der Waals surface area contributed by atoms with Gasteiger partial charge in [-0.05, 0) is 60.5 Å². The maximum atomic E-state index is 13.5. The second kappa shape index (κ2) is 7.40. The summed E-state index contributed by atoms with van der Waals surface area (Å²) in [4.78, 5) is 19.2. The van der Waals surface area contributed by atoms with Gasteiger partial charge in [0, 0.05) is 22.2 Å². The molecule has 154 valence electrons. The summed E-state index contributed by atoms with van der Waals surface area (Å²) in [7, 11) is 0. The lowest BCUT2D eigenvalue weighted by atomic mass is 10.1. The lowest BCUT2D eigenvalue weighted by molar-refractivity contribution is 0.0420. The summed E-state index contributed by atoms with van der Waals surface area (Å²) in [5, 5.41) is 6.07. The van der Waals surface area contributed by atoms with Crippen molar-refractivity contribution in [3.05, 3.63) is 96.1 Å². The highest BCUT2D eigenvalue weighted by molar-refractivity contribution is 5.97. The van der Waals surface area contributed by atoms with Gasteiger partial charge in [0.15, 0.2) is 0 Å². The lowest BCUT2D eigenvalue weighted by Gasteiger charge is -2.13. The van der Waals surface area contributed by atoms with Gasteiger partial charge in [-0.15, -0.1) is 5.10 Å². The molecule has 2 heterocycles. The largest absolute Gasteiger partial charge is 0.365 e. The van der Waals surface area contributed by atoms with Crippen molar-refractivity contribution in [3.63, 3.8) is 0 Å². The second-order valence-corrected chi connectivity index (χ2v) is 7.77. The van der Waals surface area contributed by atoms with Crippen molar-refractivity contribution >= 4 is 27.8 Å². The van der Waals surface area contributed by atoms with Crippen LogP contribution in [0, 0.1) is 5.82 Å². The first kappa shape index (κ1) is 19.1. The molecule has 5 rings (SSSR count). The molecule has 0 radical (unpaired) electrons. The fourth-order valence-electron chi connectivity index (χ4n) is 3.81. The molecule has 2 aromatic heterocycles. The smallest absolute Gasteiger partial charge is 0.313 e. The van der Waals surface area contributed by atoms with Crippen LogP contribution < -0.4 is 4.84 Å². The van der Waals surface area contributed by atoms with E-state index >= 15 is 0 Å². The zero-order chi connectivity index (χ0) is 21.5. The zero-order valence-corrected chi connectivity index (χ0v) is 17.1. The van der Waals surface area contributed by atoms with Gasteiger partial charge in [0.1, 0.15) is 11.3 Å². The molecule has 0 bridgehead atoms. The van der Waals surface area contributed by atoms with E-state index in [0.717, 1.165) is 27.7 Å². The molecular formula is C25H20FN3O2. The number of halogens is 1. The van der Waals surface area contributed by atoms with E-state index in [1.54, 1.807) is 42.6 Å². The Morgan fingerprint density at radius 1 is 0.935 bits per heavy atom. The lowest BCUT2D eigenvalue weighted by Crippen LogP contribution is -2.20. The van der Waals surface area contributed by atoms with Gasteiger partial charge in [-0.25, -0.2) is 9.18 Å². The fraction of sp³-hybridized carbons (Fsp3) is 0.120. The molecular weight excluding hydrogens is 393 g/mol. The number of hydrogen-bond donors (Lipinski definition) is 0. The Morgan fingerprint density at radius 2 is 1.65 bits per heavy atom. The van der Waals surface area contributed by atoms with Crippen molar-refractivity contribution in [2.75, 3.05) is 0 Å². The van der Waals surface area contributed by atoms with Crippen LogP contribution in [-0.4, -0.2) is 20.5 Å². The third kappa shape index (κ3) is 3.36. The average molecular weight is 413 g/mol. The van der Waals surface area contributed by atoms with Gasteiger partial charge in [0.05, 0.1) is 17.3 Å². The van der Waals surface area contributed by atoms with Gasteiger partial charge in [-0.1, -0.05) is 36.9 Å². The number of rotatable bonds is 4. The number of carbonyl (C=O) groups is 1. The average Bonchev–Trinajstić information content (AvgIpc) is 3.34. The molecule has 5 nitrogen and oxygen atoms in total. The fourth-order valence-corrected chi connectivity index (χ4v) is 3.81. The highest BCUT2D eigenvalue weighted by Crippen LogP contribution is 2.32. The SMILES string of the molecule is CC(C)c1cc2cc3c(cnn3OC(=O)c3ccccc3)cc2n1-c1ccc(F)cc1. The molecule has 6 heteroatoms. The zero-order valence-electron chi connectivity index (χ0n) is 17.1. The number of nitrogens with zero attached hydrogens (tertiary/aromatic N) is 3. The second-order valence-electron chi connectivity index (χ2n) is 7.77. The van der Waals surface area contributed by atoms with E-state index < -0.39 is 5.97 Å². The predicted molar refractivity (Wildman–Crippen MR) is 118 cm³/mol. The number of aromatic nitrogens is 3. The van der Waals surface area contributed by atoms with Crippen LogP contribution >= 0.6 is 0 Å². The first-order valence-electron chi connectivity index (χ1n) is 10.1. The van der Waals surface area contributed by atoms with Crippen molar-refractivity contribution in [2.24, 2.45) is 0 Å². The van der Waals surface area contributed by atoms with Crippen molar-refractivity contribution in [3.8, 4) is 5.69 Å². The minimum absolute atomic E-state index is 0.257. The Morgan fingerprint density at radius 3 is 2.35 bits per heavy atom. The van der Waals surface area contributed by atoms with Gasteiger partial charge in [0.25, 0.3) is 0 Å². The Labute approximate surface area is 178 Å². The standard InChI is InChI=1S/C25H20FN3O2/c1-16(2)22-12-18-13-24-19(14-23(18)28(22)21-10-8-20(26)9-11-21)15-27-29(24)31-25(30)17-6-4-3-5-7-17/h3-16H,1-2H3. The minimum Gasteiger partial charge on any atom is -0.313 e. The van der Waals surface area contributed by atoms with Crippen LogP contribution in [0.4, 0.5) is 4.39 Å². The highest BCUT2D eigenvalue weighted by atomic mass is 19.1. The number of fused-ring (bicyclic) bond motifs is 2. The summed E-state index contributed by atoms with van der Waals surface area (Å²) in [6, 6.07) is 21.4. The molecule has 0 atom stereocenters. The van der Waals surface area contributed by atoms with Crippen molar-refractivity contribution in [1.29, 1.82) is 0 Å². The topological polar surface area (TPSA) is 49.1 Å². The van der Waals surface area contributed by atoms with Gasteiger partial charge in [-0.3, -0.25) is 0 Å². The molecule has 0 amide bonds. The molecule has 3 aromatic carbocycles. The van der Waals surface area contributed by atoms with E-state index in [2.05, 4.69) is 29.6 Å². The van der Waals surface area contributed by atoms with Crippen LogP contribution in [0.1, 0.15) is 35.8 Å². The maximum Gasteiger partial charge on any atom is 0.365 e. The molecule has 0 N–H and O–H groups in total. The van der Waals surface area contributed by atoms with E-state index in [9.17, 15) is 9.18 Å². The molecule has 0 aliphatic carbocycles. The van der Waals surface area contributed by atoms with E-state index in [4.69, 9.17) is 4.84 Å². The molecule has 0 saturated carbocycles. The van der Waals surface area contributed by atoms with Gasteiger partial charge in [-0.2, -0.15) is 0 Å². The first-order chi connectivity index (χ1) is 15.0. The van der Waals surface area contributed by atoms with E-state index in [-0.39, 0.29) is 11.7 Å². The summed E-state index contributed by atoms with van der Waals surface area (Å²) >= 11 is 0. The monoisotopic (exact) mass is 413 g/mol. The highest BCUT2D eigenvalue weighted by Gasteiger charge is 2.17. The predicted octanol–water partition coefficient (Wildman–Crippen LogP) is 5.51. The van der Waals surface area contributed by atoms with Crippen LogP contribution in [0.15, 0.2) is 79.0 Å². The summed E-state index contributed by atoms with van der Waals surface area (Å²) < 4.78 is 15.6. The summed E-state index contributed by atoms with van der Waals surface area (Å²) in [5.74, 6) is -0.486. The number of hydrogen-bond acceptors (Lipinski definition) is 3. The van der Waals surface area contributed by atoms with E-state index in [1.807, 2.05) is 18.2 Å². The van der Waals surface area contributed by atoms with Gasteiger partial charge < -0.3 is 9.40 Å². The van der Waals surface area contributed by atoms with Crippen molar-refractivity contribution in [2.45, 2.75) is 19.8 Å². The normalized spacial score (nSPS) is 11.5. The minimum atomic E-state index is -0.475. The van der Waals surface area contributed by atoms with Gasteiger partial charge in [0.2, 0.25) is 0 Å². The number of carbonyl (C=O) groups excluding carboxylic acids is 1. The number of benzene rings is 3. The summed E-state index contributed by atoms with van der Waals surface area (Å²) in [5.41, 5.74) is 4.13. The van der Waals surface area contributed by atoms with Crippen LogP contribution in [0.2, 0.25) is 0 Å². The Bertz CT molecular complexity index is 1400. The third-order valence-corrected chi connectivity index (χ3v) is 5.34. The van der Waals surface area contributed by atoms with Crippen molar-refractivity contribution < 1.29 is 14.0 Å². The van der Waals surface area contributed by atoms with Crippen molar-refractivity contribution in [1.82, 2.24) is 14.5 Å². The van der Waals surface area contributed by atoms with Gasteiger partial charge >= 0.3 is 5.97 Å². The molecule has 0 spiro atoms. The molecule has 0 saturated heterocycles. The van der Waals surface area contributed by atoms with Crippen LogP contribution in [0.5, 0.6) is 0 Å². The molecule has 5 aromatic rings. The quantitative estimate of drug-likeness (QED) is 0.390. The van der Waals surface area contributed by atoms with Crippen LogP contribution in [-0.2, 0) is 0 Å². The third-order valence-electron chi connectivity index (χ3n) is 5.34. The van der Waals surface area contributed by atoms with Crippen LogP contribution in [0.3, 0.4) is 0 Å². The summed E-state index contributed by atoms with van der Waals surface area (Å²) in [6.07, 6.45) is 1.67. The molecule has 31 heavy (non-hydrogen) atoms. The van der Waals surface area contributed by atoms with E-state index in [0.29, 0.717) is 11.1 Å². The molecule has 0 aliphatic rings. The first-order valence-corrected chi connectivity index (χ1v) is 10.1. The molecule has 0 aliphatic heterocycles. The maximum absolute atomic E-state index is 13.5. The Balaban J connectivity index is 1.63. The van der Waals surface area contributed by atoms with Crippen LogP contribution in [0.25, 0.3) is 27.5 Å². The summed E-state index contributed by atoms with van der Waals surface area (Å²) in [6.45, 7) is 4.24.